The largest absolute Gasteiger partial charge is 0.469 e. The van der Waals surface area contributed by atoms with Gasteiger partial charge in [0, 0.05) is 12.5 Å². The minimum Gasteiger partial charge on any atom is -0.469 e. The standard InChI is InChI=1S/C12H23NO4S/c1-10(11-6-3-4-7-11)13-18(15,16)9-5-8-12(14)17-2/h10-11,13H,3-9H2,1-2H3/t10-/m1/s1. The summed E-state index contributed by atoms with van der Waals surface area (Å²) in [5.41, 5.74) is 0. The molecular formula is C12H23NO4S. The highest BCUT2D eigenvalue weighted by molar-refractivity contribution is 7.89. The van der Waals surface area contributed by atoms with Crippen LogP contribution in [0.4, 0.5) is 0 Å². The van der Waals surface area contributed by atoms with E-state index in [4.69, 9.17) is 0 Å². The molecule has 0 aliphatic heterocycles. The van der Waals surface area contributed by atoms with Crippen LogP contribution in [0.5, 0.6) is 0 Å². The summed E-state index contributed by atoms with van der Waals surface area (Å²) >= 11 is 0. The van der Waals surface area contributed by atoms with E-state index in [0.717, 1.165) is 12.8 Å². The number of esters is 1. The highest BCUT2D eigenvalue weighted by Gasteiger charge is 2.25. The topological polar surface area (TPSA) is 72.5 Å². The number of hydrogen-bond donors (Lipinski definition) is 1. The van der Waals surface area contributed by atoms with Crippen molar-refractivity contribution >= 4 is 16.0 Å². The molecule has 0 spiro atoms. The number of rotatable bonds is 7. The Morgan fingerprint density at radius 3 is 2.56 bits per heavy atom. The number of nitrogens with one attached hydrogen (secondary N) is 1. The van der Waals surface area contributed by atoms with Crippen LogP contribution >= 0.6 is 0 Å². The van der Waals surface area contributed by atoms with Crippen LogP contribution in [0.3, 0.4) is 0 Å². The van der Waals surface area contributed by atoms with Crippen LogP contribution in [0.25, 0.3) is 0 Å². The molecule has 1 N–H and O–H groups in total. The van der Waals surface area contributed by atoms with Crippen LogP contribution < -0.4 is 4.72 Å². The van der Waals surface area contributed by atoms with E-state index >= 15 is 0 Å². The van der Waals surface area contributed by atoms with E-state index < -0.39 is 10.0 Å². The van der Waals surface area contributed by atoms with E-state index in [9.17, 15) is 13.2 Å². The molecule has 5 nitrogen and oxygen atoms in total. The molecule has 0 aromatic heterocycles. The van der Waals surface area contributed by atoms with E-state index in [0.29, 0.717) is 12.3 Å². The van der Waals surface area contributed by atoms with Crippen molar-refractivity contribution in [3.8, 4) is 0 Å². The highest BCUT2D eigenvalue weighted by Crippen LogP contribution is 2.27. The Hall–Kier alpha value is -0.620. The van der Waals surface area contributed by atoms with E-state index in [1.54, 1.807) is 0 Å². The van der Waals surface area contributed by atoms with Crippen molar-refractivity contribution in [2.45, 2.75) is 51.5 Å². The second-order valence-electron chi connectivity index (χ2n) is 4.95. The van der Waals surface area contributed by atoms with Crippen LogP contribution in [0.2, 0.25) is 0 Å². The summed E-state index contributed by atoms with van der Waals surface area (Å²) in [6.07, 6.45) is 5.05. The lowest BCUT2D eigenvalue weighted by Gasteiger charge is -2.20. The quantitative estimate of drug-likeness (QED) is 0.715. The lowest BCUT2D eigenvalue weighted by molar-refractivity contribution is -0.140. The van der Waals surface area contributed by atoms with Gasteiger partial charge in [0.25, 0.3) is 0 Å². The maximum atomic E-state index is 11.8. The maximum absolute atomic E-state index is 11.8. The molecule has 1 rings (SSSR count). The Morgan fingerprint density at radius 2 is 2.00 bits per heavy atom. The predicted molar refractivity (Wildman–Crippen MR) is 69.6 cm³/mol. The third-order valence-corrected chi connectivity index (χ3v) is 5.05. The number of hydrogen-bond acceptors (Lipinski definition) is 4. The average molecular weight is 277 g/mol. The first-order valence-corrected chi connectivity index (χ1v) is 8.16. The number of methoxy groups -OCH3 is 1. The number of sulfonamides is 1. The van der Waals surface area contributed by atoms with Crippen LogP contribution in [0.1, 0.15) is 45.4 Å². The molecule has 1 fully saturated rings. The molecular weight excluding hydrogens is 254 g/mol. The molecule has 1 aliphatic carbocycles. The van der Waals surface area contributed by atoms with E-state index in [1.807, 2.05) is 6.92 Å². The summed E-state index contributed by atoms with van der Waals surface area (Å²) in [6.45, 7) is 1.92. The molecule has 0 saturated heterocycles. The van der Waals surface area contributed by atoms with E-state index in [1.165, 1.54) is 20.0 Å². The Kier molecular flexibility index (Phi) is 6.08. The van der Waals surface area contributed by atoms with Crippen molar-refractivity contribution in [1.29, 1.82) is 0 Å². The zero-order valence-electron chi connectivity index (χ0n) is 11.1. The molecule has 0 aromatic rings. The van der Waals surface area contributed by atoms with E-state index in [-0.39, 0.29) is 24.2 Å². The van der Waals surface area contributed by atoms with Gasteiger partial charge < -0.3 is 4.74 Å². The van der Waals surface area contributed by atoms with E-state index in [2.05, 4.69) is 9.46 Å². The van der Waals surface area contributed by atoms with Crippen molar-refractivity contribution < 1.29 is 17.9 Å². The van der Waals surface area contributed by atoms with Gasteiger partial charge >= 0.3 is 5.97 Å². The van der Waals surface area contributed by atoms with Gasteiger partial charge in [-0.3, -0.25) is 4.79 Å². The summed E-state index contributed by atoms with van der Waals surface area (Å²) < 4.78 is 30.8. The van der Waals surface area contributed by atoms with Crippen LogP contribution in [0.15, 0.2) is 0 Å². The number of carbonyl (C=O) groups is 1. The first kappa shape index (κ1) is 15.4. The van der Waals surface area contributed by atoms with Gasteiger partial charge in [-0.15, -0.1) is 0 Å². The van der Waals surface area contributed by atoms with Gasteiger partial charge in [0.2, 0.25) is 10.0 Å². The number of ether oxygens (including phenoxy) is 1. The third-order valence-electron chi connectivity index (χ3n) is 3.49. The fraction of sp³-hybridized carbons (Fsp3) is 0.917. The average Bonchev–Trinajstić information content (AvgIpc) is 2.81. The Balaban J connectivity index is 2.32. The molecule has 0 amide bonds. The summed E-state index contributed by atoms with van der Waals surface area (Å²) in [7, 11) is -1.98. The summed E-state index contributed by atoms with van der Waals surface area (Å²) in [5, 5.41) is 0. The van der Waals surface area contributed by atoms with Gasteiger partial charge in [-0.05, 0) is 32.1 Å². The molecule has 0 radical (unpaired) electrons. The van der Waals surface area contributed by atoms with Crippen molar-refractivity contribution in [3.05, 3.63) is 0 Å². The molecule has 106 valence electrons. The van der Waals surface area contributed by atoms with Crippen LogP contribution in [0, 0.1) is 5.92 Å². The Bertz CT molecular complexity index is 360. The third kappa shape index (κ3) is 5.35. The Labute approximate surface area is 109 Å². The molecule has 0 aromatic carbocycles. The summed E-state index contributed by atoms with van der Waals surface area (Å²) in [5.74, 6) is 0.0773. The first-order chi connectivity index (χ1) is 8.44. The molecule has 18 heavy (non-hydrogen) atoms. The molecule has 1 aliphatic rings. The summed E-state index contributed by atoms with van der Waals surface area (Å²) in [6, 6.07) is -0.00405. The maximum Gasteiger partial charge on any atom is 0.305 e. The van der Waals surface area contributed by atoms with Crippen LogP contribution in [-0.2, 0) is 19.6 Å². The van der Waals surface area contributed by atoms with Crippen molar-refractivity contribution in [3.63, 3.8) is 0 Å². The second-order valence-corrected chi connectivity index (χ2v) is 6.82. The van der Waals surface area contributed by atoms with Gasteiger partial charge in [0.1, 0.15) is 0 Å². The molecule has 6 heteroatoms. The minimum absolute atomic E-state index is 0.00405. The lowest BCUT2D eigenvalue weighted by Crippen LogP contribution is -2.38. The molecule has 1 atom stereocenters. The minimum atomic E-state index is -3.28. The number of carbonyl (C=O) groups excluding carboxylic acids is 1. The second kappa shape index (κ2) is 7.09. The van der Waals surface area contributed by atoms with Crippen LogP contribution in [-0.4, -0.2) is 33.3 Å². The van der Waals surface area contributed by atoms with Gasteiger partial charge in [-0.25, -0.2) is 13.1 Å². The van der Waals surface area contributed by atoms with Gasteiger partial charge in [0.15, 0.2) is 0 Å². The van der Waals surface area contributed by atoms with Gasteiger partial charge in [-0.1, -0.05) is 12.8 Å². The Morgan fingerprint density at radius 1 is 1.39 bits per heavy atom. The lowest BCUT2D eigenvalue weighted by atomic mass is 10.0. The fourth-order valence-electron chi connectivity index (χ4n) is 2.40. The zero-order chi connectivity index (χ0) is 13.6. The normalized spacial score (nSPS) is 18.8. The first-order valence-electron chi connectivity index (χ1n) is 6.51. The molecule has 0 unspecified atom stereocenters. The zero-order valence-corrected chi connectivity index (χ0v) is 12.0. The van der Waals surface area contributed by atoms with Crippen molar-refractivity contribution in [2.75, 3.05) is 12.9 Å². The fourth-order valence-corrected chi connectivity index (χ4v) is 3.81. The predicted octanol–water partition coefficient (Wildman–Crippen LogP) is 1.44. The van der Waals surface area contributed by atoms with Crippen molar-refractivity contribution in [2.24, 2.45) is 5.92 Å². The van der Waals surface area contributed by atoms with Gasteiger partial charge in [-0.2, -0.15) is 0 Å². The highest BCUT2D eigenvalue weighted by atomic mass is 32.2. The summed E-state index contributed by atoms with van der Waals surface area (Å²) in [4.78, 5) is 10.9. The van der Waals surface area contributed by atoms with Gasteiger partial charge in [0.05, 0.1) is 12.9 Å². The smallest absolute Gasteiger partial charge is 0.305 e. The molecule has 1 saturated carbocycles. The monoisotopic (exact) mass is 277 g/mol. The van der Waals surface area contributed by atoms with Crippen molar-refractivity contribution in [1.82, 2.24) is 4.72 Å². The molecule has 0 heterocycles. The molecule has 0 bridgehead atoms. The SMILES string of the molecule is COC(=O)CCCS(=O)(=O)N[C@H](C)C1CCCC1.